The van der Waals surface area contributed by atoms with Crippen LogP contribution in [0, 0.1) is 11.6 Å². The molecule has 2 fully saturated rings. The van der Waals surface area contributed by atoms with Crippen LogP contribution in [0.25, 0.3) is 5.65 Å². The molecular formula is C22H18F2N6O7S. The minimum Gasteiger partial charge on any atom is -0.385 e. The molecule has 38 heavy (non-hydrogen) atoms. The van der Waals surface area contributed by atoms with E-state index in [1.807, 2.05) is 0 Å². The van der Waals surface area contributed by atoms with E-state index in [1.165, 1.54) is 10.7 Å². The van der Waals surface area contributed by atoms with Crippen molar-refractivity contribution < 1.29 is 30.7 Å². The third-order valence-electron chi connectivity index (χ3n) is 6.36. The van der Waals surface area contributed by atoms with Crippen molar-refractivity contribution in [2.45, 2.75) is 24.9 Å². The fourth-order valence-electron chi connectivity index (χ4n) is 4.54. The average Bonchev–Trinajstić information content (AvgIpc) is 3.41. The number of aromatic nitrogens is 3. The quantitative estimate of drug-likeness (QED) is 0.275. The first-order valence-electron chi connectivity index (χ1n) is 11.3. The molecule has 13 nitrogen and oxygen atoms in total. The Morgan fingerprint density at radius 2 is 1.97 bits per heavy atom. The van der Waals surface area contributed by atoms with Gasteiger partial charge in [0.2, 0.25) is 0 Å². The molecule has 0 saturated carbocycles. The Hall–Kier alpha value is -3.99. The van der Waals surface area contributed by atoms with Gasteiger partial charge in [0.25, 0.3) is 10.9 Å². The Labute approximate surface area is 212 Å². The van der Waals surface area contributed by atoms with E-state index in [9.17, 15) is 31.9 Å². The molecule has 4 aromatic rings. The van der Waals surface area contributed by atoms with Crippen molar-refractivity contribution in [2.75, 3.05) is 28.6 Å². The maximum atomic E-state index is 13.9. The van der Waals surface area contributed by atoms with Gasteiger partial charge in [-0.15, -0.1) is 0 Å². The summed E-state index contributed by atoms with van der Waals surface area (Å²) in [6, 6.07) is 4.82. The third kappa shape index (κ3) is 3.80. The second-order valence-corrected chi connectivity index (χ2v) is 9.87. The molecule has 1 atom stereocenters. The highest BCUT2D eigenvalue weighted by Gasteiger charge is 2.66. The maximum absolute atomic E-state index is 13.9. The summed E-state index contributed by atoms with van der Waals surface area (Å²) in [6.07, 6.45) is 1.78. The number of halogens is 2. The lowest BCUT2D eigenvalue weighted by atomic mass is 10.1. The molecule has 2 aromatic heterocycles. The van der Waals surface area contributed by atoms with Crippen LogP contribution in [0.3, 0.4) is 0 Å². The van der Waals surface area contributed by atoms with Crippen molar-refractivity contribution in [1.29, 1.82) is 0 Å². The Bertz CT molecular complexity index is 1760. The van der Waals surface area contributed by atoms with Crippen LogP contribution in [0.15, 0.2) is 46.2 Å². The van der Waals surface area contributed by atoms with Gasteiger partial charge in [0.05, 0.1) is 6.20 Å². The van der Waals surface area contributed by atoms with Crippen molar-refractivity contribution in [2.24, 2.45) is 0 Å². The van der Waals surface area contributed by atoms with Crippen molar-refractivity contribution >= 4 is 38.9 Å². The zero-order valence-corrected chi connectivity index (χ0v) is 20.0. The molecule has 4 heterocycles. The summed E-state index contributed by atoms with van der Waals surface area (Å²) in [5.41, 5.74) is -1.44. The summed E-state index contributed by atoms with van der Waals surface area (Å²) in [4.78, 5) is 30.4. The first-order chi connectivity index (χ1) is 18.1. The Kier molecular flexibility index (Phi) is 5.46. The number of aliphatic hydroxyl groups is 1. The van der Waals surface area contributed by atoms with E-state index in [1.54, 1.807) is 12.3 Å². The van der Waals surface area contributed by atoms with E-state index in [0.717, 1.165) is 23.1 Å². The van der Waals surface area contributed by atoms with Crippen LogP contribution < -0.4 is 26.4 Å². The SMILES string of the molecule is O=c1c(Nc2cnn3ccc(NCCc4cc(F)ccc4F)nc23)c(N2CC[C@H](O)C23OS(=O)(=O)O3)c1=O. The van der Waals surface area contributed by atoms with Crippen molar-refractivity contribution in [1.82, 2.24) is 14.6 Å². The molecule has 0 bridgehead atoms. The van der Waals surface area contributed by atoms with Crippen LogP contribution in [0.2, 0.25) is 0 Å². The van der Waals surface area contributed by atoms with Crippen molar-refractivity contribution in [3.8, 4) is 0 Å². The van der Waals surface area contributed by atoms with Gasteiger partial charge >= 0.3 is 16.3 Å². The molecule has 0 amide bonds. The third-order valence-corrected chi connectivity index (χ3v) is 7.24. The summed E-state index contributed by atoms with van der Waals surface area (Å²) in [6.45, 7) is 0.230. The van der Waals surface area contributed by atoms with Crippen LogP contribution in [0.4, 0.5) is 31.7 Å². The van der Waals surface area contributed by atoms with Gasteiger partial charge < -0.3 is 20.6 Å². The zero-order valence-electron chi connectivity index (χ0n) is 19.2. The van der Waals surface area contributed by atoms with Crippen LogP contribution in [0.1, 0.15) is 12.0 Å². The predicted molar refractivity (Wildman–Crippen MR) is 128 cm³/mol. The molecule has 6 rings (SSSR count). The second kappa shape index (κ2) is 8.52. The molecule has 2 aliphatic rings. The van der Waals surface area contributed by atoms with Gasteiger partial charge in [-0.2, -0.15) is 21.9 Å². The largest absolute Gasteiger partial charge is 0.408 e. The number of hydrogen-bond donors (Lipinski definition) is 3. The summed E-state index contributed by atoms with van der Waals surface area (Å²) in [5, 5.41) is 20.2. The molecule has 2 aromatic carbocycles. The van der Waals surface area contributed by atoms with Gasteiger partial charge in [0, 0.05) is 19.3 Å². The number of hydrogen-bond acceptors (Lipinski definition) is 12. The van der Waals surface area contributed by atoms with Crippen molar-refractivity contribution in [3.05, 3.63) is 74.3 Å². The zero-order chi connectivity index (χ0) is 26.8. The van der Waals surface area contributed by atoms with Gasteiger partial charge in [-0.3, -0.25) is 9.59 Å². The van der Waals surface area contributed by atoms with Gasteiger partial charge in [-0.1, -0.05) is 0 Å². The van der Waals surface area contributed by atoms with Crippen LogP contribution in [-0.4, -0.2) is 53.2 Å². The molecule has 2 aliphatic heterocycles. The summed E-state index contributed by atoms with van der Waals surface area (Å²) in [5.74, 6) is -2.80. The van der Waals surface area contributed by atoms with Gasteiger partial charge in [-0.25, -0.2) is 18.3 Å². The first kappa shape index (κ1) is 24.4. The Morgan fingerprint density at radius 1 is 1.18 bits per heavy atom. The number of fused-ring (bicyclic) bond motifs is 1. The number of anilines is 4. The highest BCUT2D eigenvalue weighted by molar-refractivity contribution is 7.82. The molecule has 2 saturated heterocycles. The van der Waals surface area contributed by atoms with Crippen LogP contribution in [-0.2, 0) is 25.2 Å². The maximum Gasteiger partial charge on any atom is 0.408 e. The van der Waals surface area contributed by atoms with Gasteiger partial charge in [-0.05, 0) is 42.7 Å². The topological polar surface area (TPSA) is 164 Å². The summed E-state index contributed by atoms with van der Waals surface area (Å²) >= 11 is 0. The predicted octanol–water partition coefficient (Wildman–Crippen LogP) is 0.518. The molecular weight excluding hydrogens is 530 g/mol. The average molecular weight is 548 g/mol. The van der Waals surface area contributed by atoms with E-state index < -0.39 is 44.9 Å². The minimum absolute atomic E-state index is 0.0107. The Balaban J connectivity index is 1.23. The van der Waals surface area contributed by atoms with E-state index in [2.05, 4.69) is 20.7 Å². The normalized spacial score (nSPS) is 19.8. The highest BCUT2D eigenvalue weighted by atomic mass is 32.3. The second-order valence-electron chi connectivity index (χ2n) is 8.72. The summed E-state index contributed by atoms with van der Waals surface area (Å²) < 4.78 is 61.3. The lowest BCUT2D eigenvalue weighted by Gasteiger charge is -2.44. The standard InChI is InChI=1S/C22H18F2N6O7S/c23-12-1-2-13(24)11(9-12)3-6-25-16-5-8-30-21(28-16)14(10-26-30)27-17-18(20(33)19(17)32)29-7-4-15(31)22(29)36-38(34,35)37-22/h1-2,5,8-10,15,27,31H,3-4,6-7H2,(H,25,28)/t15-/m0/s1. The number of nitrogens with one attached hydrogen (secondary N) is 2. The number of nitrogens with zero attached hydrogens (tertiary/aromatic N) is 4. The first-order valence-corrected chi connectivity index (χ1v) is 12.7. The minimum atomic E-state index is -4.33. The van der Waals surface area contributed by atoms with E-state index in [0.29, 0.717) is 5.82 Å². The van der Waals surface area contributed by atoms with Gasteiger partial charge in [0.1, 0.15) is 40.6 Å². The molecule has 3 N–H and O–H groups in total. The van der Waals surface area contributed by atoms with Gasteiger partial charge in [0.15, 0.2) is 5.65 Å². The number of benzene rings is 1. The molecule has 0 radical (unpaired) electrons. The number of aliphatic hydroxyl groups excluding tert-OH is 1. The highest BCUT2D eigenvalue weighted by Crippen LogP contribution is 2.46. The van der Waals surface area contributed by atoms with E-state index >= 15 is 0 Å². The molecule has 1 spiro atoms. The number of rotatable bonds is 7. The molecule has 0 aliphatic carbocycles. The molecule has 16 heteroatoms. The van der Waals surface area contributed by atoms with Crippen LogP contribution in [0.5, 0.6) is 0 Å². The van der Waals surface area contributed by atoms with E-state index in [-0.39, 0.29) is 54.2 Å². The monoisotopic (exact) mass is 548 g/mol. The Morgan fingerprint density at radius 3 is 2.74 bits per heavy atom. The fraction of sp³-hybridized carbons (Fsp3) is 0.273. The summed E-state index contributed by atoms with van der Waals surface area (Å²) in [7, 11) is -4.33. The molecule has 0 unspecified atom stereocenters. The lowest BCUT2D eigenvalue weighted by Crippen LogP contribution is -2.66. The lowest BCUT2D eigenvalue weighted by molar-refractivity contribution is -0.226. The molecule has 198 valence electrons. The fourth-order valence-corrected chi connectivity index (χ4v) is 5.54. The smallest absolute Gasteiger partial charge is 0.385 e. The van der Waals surface area contributed by atoms with E-state index in [4.69, 9.17) is 8.37 Å². The van der Waals surface area contributed by atoms with Crippen LogP contribution >= 0.6 is 0 Å². The van der Waals surface area contributed by atoms with Crippen molar-refractivity contribution in [3.63, 3.8) is 0 Å².